The van der Waals surface area contributed by atoms with Gasteiger partial charge in [-0.2, -0.15) is 0 Å². The summed E-state index contributed by atoms with van der Waals surface area (Å²) < 4.78 is 42.2. The van der Waals surface area contributed by atoms with E-state index in [1.807, 2.05) is 0 Å². The molecule has 0 radical (unpaired) electrons. The maximum atomic E-state index is 11.9. The van der Waals surface area contributed by atoms with Crippen molar-refractivity contribution in [2.24, 2.45) is 0 Å². The molecule has 2 aromatic heterocycles. The molecular weight excluding hydrogens is 491 g/mol. The molecule has 3 heterocycles. The van der Waals surface area contributed by atoms with Crippen LogP contribution in [0.15, 0.2) is 12.7 Å². The summed E-state index contributed by atoms with van der Waals surface area (Å²) in [4.78, 5) is 48.3. The Balaban J connectivity index is 1.64. The molecule has 0 aromatic carbocycles. The Morgan fingerprint density at radius 3 is 2.60 bits per heavy atom. The number of imidazole rings is 1. The number of hydrogen-bond donors (Lipinski definition) is 6. The normalized spacial score (nSPS) is 26.5. The third-order valence-corrected chi connectivity index (χ3v) is 8.72. The minimum absolute atomic E-state index is 0.0409. The number of rotatable bonds is 8. The molecule has 20 heteroatoms. The predicted molar refractivity (Wildman–Crippen MR) is 101 cm³/mol. The lowest BCUT2D eigenvalue weighted by molar-refractivity contribution is -0.0421. The highest BCUT2D eigenvalue weighted by atomic mass is 32.5. The minimum Gasteiger partial charge on any atom is -0.390 e. The van der Waals surface area contributed by atoms with E-state index in [0.29, 0.717) is 11.2 Å². The van der Waals surface area contributed by atoms with Crippen molar-refractivity contribution in [3.63, 3.8) is 0 Å². The molecule has 1 aliphatic heterocycles. The van der Waals surface area contributed by atoms with Crippen LogP contribution in [0.3, 0.4) is 0 Å². The van der Waals surface area contributed by atoms with E-state index >= 15 is 0 Å². The highest BCUT2D eigenvalue weighted by Gasteiger charge is 2.40. The van der Waals surface area contributed by atoms with Gasteiger partial charge in [-0.05, 0) is 11.8 Å². The van der Waals surface area contributed by atoms with Gasteiger partial charge >= 0.3 is 22.4 Å². The lowest BCUT2D eigenvalue weighted by atomic mass is 10.2. The van der Waals surface area contributed by atoms with Crippen molar-refractivity contribution >= 4 is 51.2 Å². The number of hydrogen-bond acceptors (Lipinski definition) is 12. The van der Waals surface area contributed by atoms with Gasteiger partial charge in [-0.25, -0.2) is 32.7 Å². The molecule has 0 saturated carbocycles. The smallest absolute Gasteiger partial charge is 0.390 e. The van der Waals surface area contributed by atoms with Gasteiger partial charge < -0.3 is 35.2 Å². The van der Waals surface area contributed by atoms with Crippen LogP contribution in [0.4, 0.5) is 5.82 Å². The second kappa shape index (κ2) is 8.56. The topological polar surface area (TPSA) is 242 Å². The molecule has 0 spiro atoms. The van der Waals surface area contributed by atoms with E-state index < -0.39 is 47.4 Å². The van der Waals surface area contributed by atoms with Gasteiger partial charge in [0.15, 0.2) is 11.5 Å². The molecule has 16 nitrogen and oxygen atoms in total. The van der Waals surface area contributed by atoms with Crippen LogP contribution in [-0.4, -0.2) is 63.0 Å². The largest absolute Gasteiger partial charge is 0.479 e. The molecule has 1 aliphatic rings. The number of aliphatic hydroxyl groups is 1. The molecule has 5 atom stereocenters. The summed E-state index contributed by atoms with van der Waals surface area (Å²) in [5.41, 5.74) is 6.37. The fraction of sp³-hybridized carbons (Fsp3) is 0.500. The van der Waals surface area contributed by atoms with E-state index in [1.165, 1.54) is 17.2 Å². The summed E-state index contributed by atoms with van der Waals surface area (Å²) >= 11 is 4.24. The summed E-state index contributed by atoms with van der Waals surface area (Å²) in [5.74, 6) is 0.146. The van der Waals surface area contributed by atoms with Crippen LogP contribution in [0.25, 0.3) is 11.2 Å². The zero-order valence-electron chi connectivity index (χ0n) is 14.6. The molecule has 5 unspecified atom stereocenters. The third-order valence-electron chi connectivity index (χ3n) is 3.72. The lowest BCUT2D eigenvalue weighted by Gasteiger charge is -2.21. The van der Waals surface area contributed by atoms with E-state index in [9.17, 15) is 24.0 Å². The van der Waals surface area contributed by atoms with E-state index in [-0.39, 0.29) is 12.2 Å². The van der Waals surface area contributed by atoms with Crippen molar-refractivity contribution in [2.45, 2.75) is 24.9 Å². The maximum absolute atomic E-state index is 11.9. The zero-order valence-corrected chi connectivity index (χ0v) is 18.1. The Morgan fingerprint density at radius 2 is 1.93 bits per heavy atom. The summed E-state index contributed by atoms with van der Waals surface area (Å²) in [5, 5.41) is 10.2. The van der Waals surface area contributed by atoms with Crippen molar-refractivity contribution in [1.29, 1.82) is 0 Å². The monoisotopic (exact) mass is 507 g/mol. The average Bonchev–Trinajstić information content (AvgIpc) is 3.14. The van der Waals surface area contributed by atoms with Gasteiger partial charge in [0.2, 0.25) is 0 Å². The van der Waals surface area contributed by atoms with Crippen LogP contribution in [0.5, 0.6) is 0 Å². The van der Waals surface area contributed by atoms with Gasteiger partial charge in [0.25, 0.3) is 0 Å². The van der Waals surface area contributed by atoms with Gasteiger partial charge in [0, 0.05) is 6.42 Å². The Hall–Kier alpha value is -0.900. The van der Waals surface area contributed by atoms with Crippen LogP contribution < -0.4 is 5.73 Å². The van der Waals surface area contributed by atoms with Crippen molar-refractivity contribution in [1.82, 2.24) is 19.5 Å². The van der Waals surface area contributed by atoms with E-state index in [0.717, 1.165) is 0 Å². The van der Waals surface area contributed by atoms with E-state index in [2.05, 4.69) is 39.9 Å². The highest BCUT2D eigenvalue weighted by Crippen LogP contribution is 2.66. The van der Waals surface area contributed by atoms with E-state index in [1.54, 1.807) is 0 Å². The number of phosphoric acid groups is 2. The lowest BCUT2D eigenvalue weighted by Crippen LogP contribution is -2.26. The minimum atomic E-state index is -5.29. The summed E-state index contributed by atoms with van der Waals surface area (Å²) in [6.45, 7) is -5.50. The predicted octanol–water partition coefficient (Wildman–Crippen LogP) is -0.483. The van der Waals surface area contributed by atoms with Crippen LogP contribution >= 0.6 is 22.4 Å². The number of anilines is 1. The van der Waals surface area contributed by atoms with Gasteiger partial charge in [0.05, 0.1) is 19.0 Å². The zero-order chi connectivity index (χ0) is 22.3. The van der Waals surface area contributed by atoms with Gasteiger partial charge in [-0.15, -0.1) is 0 Å². The van der Waals surface area contributed by atoms with Gasteiger partial charge in [-0.1, -0.05) is 0 Å². The molecule has 7 N–H and O–H groups in total. The Bertz CT molecular complexity index is 1080. The number of phosphoric ester groups is 1. The molecule has 30 heavy (non-hydrogen) atoms. The fourth-order valence-electron chi connectivity index (χ4n) is 2.59. The first-order chi connectivity index (χ1) is 13.8. The highest BCUT2D eigenvalue weighted by molar-refractivity contribution is 8.09. The molecule has 0 amide bonds. The fourth-order valence-corrected chi connectivity index (χ4v) is 7.16. The van der Waals surface area contributed by atoms with Crippen molar-refractivity contribution < 1.29 is 51.7 Å². The average molecular weight is 507 g/mol. The first kappa shape index (κ1) is 23.8. The van der Waals surface area contributed by atoms with Crippen LogP contribution in [-0.2, 0) is 38.8 Å². The Labute approximate surface area is 172 Å². The molecule has 0 bridgehead atoms. The van der Waals surface area contributed by atoms with Crippen molar-refractivity contribution in [3.8, 4) is 0 Å². The molecule has 1 fully saturated rings. The number of fused-ring (bicyclic) bond motifs is 1. The number of nitrogens with zero attached hydrogens (tertiary/aromatic N) is 4. The number of ether oxygens (including phenoxy) is 1. The second-order valence-corrected chi connectivity index (χ2v) is 11.7. The van der Waals surface area contributed by atoms with Crippen LogP contribution in [0.2, 0.25) is 0 Å². The SMILES string of the molecule is Nc1ncnc2c1ncn2C1CC(O)C(COP(=O)(O)OP(O)(=S)OP(=O)(O)O)O1. The first-order valence-electron chi connectivity index (χ1n) is 7.81. The summed E-state index contributed by atoms with van der Waals surface area (Å²) in [6.07, 6.45) is -0.394. The van der Waals surface area contributed by atoms with Crippen molar-refractivity contribution in [3.05, 3.63) is 12.7 Å². The maximum Gasteiger partial charge on any atom is 0.479 e. The standard InChI is InChI=1S/C10H16N5O11P3S/c11-9-8-10(13-3-12-9)15(4-14-8)7-1-5(16)6(24-7)2-23-28(20,21)26-29(22,30)25-27(17,18)19/h3-7,16H,1-2H2,(H,20,21)(H,22,30)(H2,11,12,13)(H2,17,18,19). The van der Waals surface area contributed by atoms with Crippen LogP contribution in [0.1, 0.15) is 12.6 Å². The molecule has 1 saturated heterocycles. The Morgan fingerprint density at radius 1 is 1.23 bits per heavy atom. The number of aromatic nitrogens is 4. The molecule has 168 valence electrons. The third kappa shape index (κ3) is 5.87. The number of nitrogen functional groups attached to an aromatic ring is 1. The summed E-state index contributed by atoms with van der Waals surface area (Å²) in [6, 6.07) is 0. The molecule has 3 rings (SSSR count). The number of aliphatic hydroxyl groups excluding tert-OH is 1. The van der Waals surface area contributed by atoms with Gasteiger partial charge in [-0.3, -0.25) is 9.09 Å². The summed E-state index contributed by atoms with van der Waals surface area (Å²) in [7, 11) is -10.4. The quantitative estimate of drug-likeness (QED) is 0.247. The molecular formula is C10H16N5O11P3S. The van der Waals surface area contributed by atoms with E-state index in [4.69, 9.17) is 20.3 Å². The first-order valence-corrected chi connectivity index (χ1v) is 13.4. The van der Waals surface area contributed by atoms with Crippen LogP contribution in [0, 0.1) is 0 Å². The number of nitrogens with two attached hydrogens (primary N) is 1. The van der Waals surface area contributed by atoms with Crippen molar-refractivity contribution in [2.75, 3.05) is 12.3 Å². The van der Waals surface area contributed by atoms with Gasteiger partial charge in [0.1, 0.15) is 24.2 Å². The molecule has 0 aliphatic carbocycles. The molecule has 2 aromatic rings. The second-order valence-electron chi connectivity index (χ2n) is 5.90. The Kier molecular flexibility index (Phi) is 6.78.